The number of hydrogen-bond donors (Lipinski definition) is 2. The van der Waals surface area contributed by atoms with Gasteiger partial charge in [-0.15, -0.1) is 0 Å². The van der Waals surface area contributed by atoms with Crippen LogP contribution in [0.1, 0.15) is 50.7 Å². The van der Waals surface area contributed by atoms with Gasteiger partial charge >= 0.3 is 0 Å². The van der Waals surface area contributed by atoms with Gasteiger partial charge in [-0.05, 0) is 29.0 Å². The fourth-order valence-electron chi connectivity index (χ4n) is 1.53. The first-order valence-corrected chi connectivity index (χ1v) is 5.12. The zero-order valence-corrected chi connectivity index (χ0v) is 9.46. The molecule has 1 aromatic rings. The van der Waals surface area contributed by atoms with Gasteiger partial charge in [-0.2, -0.15) is 0 Å². The van der Waals surface area contributed by atoms with Crippen molar-refractivity contribution in [2.75, 3.05) is 11.5 Å². The van der Waals surface area contributed by atoms with Crippen molar-refractivity contribution >= 4 is 11.4 Å². The van der Waals surface area contributed by atoms with Gasteiger partial charge in [0.1, 0.15) is 0 Å². The van der Waals surface area contributed by atoms with Crippen LogP contribution in [0.5, 0.6) is 0 Å². The number of anilines is 2. The van der Waals surface area contributed by atoms with E-state index in [9.17, 15) is 0 Å². The first-order chi connectivity index (χ1) is 6.43. The smallest absolute Gasteiger partial charge is 0.0583 e. The SMILES string of the molecule is CC(C)c1cc(N)c(N)c(C(C)C)c1. The van der Waals surface area contributed by atoms with Gasteiger partial charge in [0.25, 0.3) is 0 Å². The molecule has 1 aromatic carbocycles. The van der Waals surface area contributed by atoms with Crippen LogP contribution in [0.4, 0.5) is 11.4 Å². The van der Waals surface area contributed by atoms with Crippen molar-refractivity contribution in [3.63, 3.8) is 0 Å². The molecule has 14 heavy (non-hydrogen) atoms. The fraction of sp³-hybridized carbons (Fsp3) is 0.500. The summed E-state index contributed by atoms with van der Waals surface area (Å²) < 4.78 is 0. The summed E-state index contributed by atoms with van der Waals surface area (Å²) in [6, 6.07) is 4.15. The summed E-state index contributed by atoms with van der Waals surface area (Å²) in [7, 11) is 0. The first kappa shape index (κ1) is 10.9. The molecule has 0 fully saturated rings. The van der Waals surface area contributed by atoms with Gasteiger partial charge in [0.05, 0.1) is 11.4 Å². The molecule has 78 valence electrons. The summed E-state index contributed by atoms with van der Waals surface area (Å²) in [5, 5.41) is 0. The van der Waals surface area contributed by atoms with Crippen molar-refractivity contribution in [2.24, 2.45) is 0 Å². The van der Waals surface area contributed by atoms with Crippen LogP contribution in [0.15, 0.2) is 12.1 Å². The highest BCUT2D eigenvalue weighted by atomic mass is 14.7. The maximum atomic E-state index is 5.93. The largest absolute Gasteiger partial charge is 0.397 e. The van der Waals surface area contributed by atoms with Crippen LogP contribution in [0, 0.1) is 0 Å². The molecule has 0 aliphatic carbocycles. The van der Waals surface area contributed by atoms with Crippen molar-refractivity contribution in [3.8, 4) is 0 Å². The topological polar surface area (TPSA) is 52.0 Å². The Bertz CT molecular complexity index is 327. The molecule has 0 amide bonds. The van der Waals surface area contributed by atoms with Gasteiger partial charge in [0.2, 0.25) is 0 Å². The van der Waals surface area contributed by atoms with Crippen LogP contribution in [0.25, 0.3) is 0 Å². The van der Waals surface area contributed by atoms with Gasteiger partial charge in [-0.25, -0.2) is 0 Å². The molecule has 0 saturated heterocycles. The molecule has 0 unspecified atom stereocenters. The number of rotatable bonds is 2. The van der Waals surface area contributed by atoms with Crippen LogP contribution >= 0.6 is 0 Å². The third-order valence-electron chi connectivity index (χ3n) is 2.56. The Hall–Kier alpha value is -1.18. The standard InChI is InChI=1S/C12H20N2/c1-7(2)9-5-10(8(3)4)12(14)11(13)6-9/h5-8H,13-14H2,1-4H3. The highest BCUT2D eigenvalue weighted by molar-refractivity contribution is 5.69. The summed E-state index contributed by atoms with van der Waals surface area (Å²) in [6.45, 7) is 8.59. The Morgan fingerprint density at radius 3 is 1.93 bits per heavy atom. The Morgan fingerprint density at radius 2 is 1.50 bits per heavy atom. The molecule has 0 aromatic heterocycles. The van der Waals surface area contributed by atoms with Crippen molar-refractivity contribution in [1.29, 1.82) is 0 Å². The molecule has 0 atom stereocenters. The van der Waals surface area contributed by atoms with Crippen LogP contribution < -0.4 is 11.5 Å². The van der Waals surface area contributed by atoms with Gasteiger partial charge in [0, 0.05) is 0 Å². The van der Waals surface area contributed by atoms with Crippen molar-refractivity contribution in [2.45, 2.75) is 39.5 Å². The highest BCUT2D eigenvalue weighted by Gasteiger charge is 2.10. The van der Waals surface area contributed by atoms with Crippen molar-refractivity contribution in [1.82, 2.24) is 0 Å². The second-order valence-corrected chi connectivity index (χ2v) is 4.42. The predicted molar refractivity (Wildman–Crippen MR) is 63.4 cm³/mol. The molecule has 0 bridgehead atoms. The summed E-state index contributed by atoms with van der Waals surface area (Å²) in [5.74, 6) is 0.923. The quantitative estimate of drug-likeness (QED) is 0.707. The molecule has 0 radical (unpaired) electrons. The number of nitrogen functional groups attached to an aromatic ring is 2. The lowest BCUT2D eigenvalue weighted by Crippen LogP contribution is -2.04. The maximum absolute atomic E-state index is 5.93. The maximum Gasteiger partial charge on any atom is 0.0583 e. The number of nitrogens with two attached hydrogens (primary N) is 2. The molecule has 0 aliphatic heterocycles. The zero-order valence-electron chi connectivity index (χ0n) is 9.46. The normalized spacial score (nSPS) is 11.3. The van der Waals surface area contributed by atoms with E-state index < -0.39 is 0 Å². The minimum Gasteiger partial charge on any atom is -0.397 e. The lowest BCUT2D eigenvalue weighted by Gasteiger charge is -2.15. The van der Waals surface area contributed by atoms with Gasteiger partial charge in [-0.3, -0.25) is 0 Å². The Kier molecular flexibility index (Phi) is 3.04. The van der Waals surface area contributed by atoms with E-state index in [2.05, 4.69) is 33.8 Å². The summed E-state index contributed by atoms with van der Waals surface area (Å²) in [4.78, 5) is 0. The van der Waals surface area contributed by atoms with E-state index >= 15 is 0 Å². The highest BCUT2D eigenvalue weighted by Crippen LogP contribution is 2.31. The lowest BCUT2D eigenvalue weighted by atomic mass is 9.93. The number of benzene rings is 1. The lowest BCUT2D eigenvalue weighted by molar-refractivity contribution is 0.837. The van der Waals surface area contributed by atoms with E-state index in [0.29, 0.717) is 17.5 Å². The second kappa shape index (κ2) is 3.91. The molecule has 2 heteroatoms. The minimum absolute atomic E-state index is 0.427. The third kappa shape index (κ3) is 2.00. The van der Waals surface area contributed by atoms with Gasteiger partial charge in [0.15, 0.2) is 0 Å². The van der Waals surface area contributed by atoms with Crippen molar-refractivity contribution < 1.29 is 0 Å². The van der Waals surface area contributed by atoms with E-state index in [1.807, 2.05) is 6.07 Å². The molecule has 2 nitrogen and oxygen atoms in total. The van der Waals surface area contributed by atoms with Gasteiger partial charge < -0.3 is 11.5 Å². The Balaban J connectivity index is 3.28. The molecular weight excluding hydrogens is 172 g/mol. The molecule has 0 aliphatic rings. The summed E-state index contributed by atoms with van der Waals surface area (Å²) in [5.41, 5.74) is 15.7. The van der Waals surface area contributed by atoms with Crippen molar-refractivity contribution in [3.05, 3.63) is 23.3 Å². The Labute approximate surface area is 86.3 Å². The van der Waals surface area contributed by atoms with Crippen LogP contribution in [0.2, 0.25) is 0 Å². The summed E-state index contributed by atoms with van der Waals surface area (Å²) >= 11 is 0. The molecular formula is C12H20N2. The molecule has 0 spiro atoms. The molecule has 0 heterocycles. The second-order valence-electron chi connectivity index (χ2n) is 4.42. The monoisotopic (exact) mass is 192 g/mol. The van der Waals surface area contributed by atoms with E-state index in [1.54, 1.807) is 0 Å². The third-order valence-corrected chi connectivity index (χ3v) is 2.56. The fourth-order valence-corrected chi connectivity index (χ4v) is 1.53. The van der Waals surface area contributed by atoms with E-state index in [0.717, 1.165) is 11.3 Å². The molecule has 1 rings (SSSR count). The van der Waals surface area contributed by atoms with Crippen LogP contribution in [-0.2, 0) is 0 Å². The molecule has 4 N–H and O–H groups in total. The van der Waals surface area contributed by atoms with E-state index in [1.165, 1.54) is 5.56 Å². The minimum atomic E-state index is 0.427. The Morgan fingerprint density at radius 1 is 0.929 bits per heavy atom. The zero-order chi connectivity index (χ0) is 10.9. The first-order valence-electron chi connectivity index (χ1n) is 5.12. The average molecular weight is 192 g/mol. The van der Waals surface area contributed by atoms with E-state index in [-0.39, 0.29) is 0 Å². The van der Waals surface area contributed by atoms with Gasteiger partial charge in [-0.1, -0.05) is 33.8 Å². The molecule has 0 saturated carbocycles. The summed E-state index contributed by atoms with van der Waals surface area (Å²) in [6.07, 6.45) is 0. The van der Waals surface area contributed by atoms with E-state index in [4.69, 9.17) is 11.5 Å². The number of hydrogen-bond acceptors (Lipinski definition) is 2. The predicted octanol–water partition coefficient (Wildman–Crippen LogP) is 3.10. The van der Waals surface area contributed by atoms with Crippen LogP contribution in [-0.4, -0.2) is 0 Å². The van der Waals surface area contributed by atoms with Crippen LogP contribution in [0.3, 0.4) is 0 Å². The average Bonchev–Trinajstić information content (AvgIpc) is 2.08.